The van der Waals surface area contributed by atoms with Gasteiger partial charge in [0.05, 0.1) is 11.4 Å². The van der Waals surface area contributed by atoms with Crippen LogP contribution < -0.4 is 4.72 Å². The van der Waals surface area contributed by atoms with Crippen molar-refractivity contribution in [3.8, 4) is 12.3 Å². The average molecular weight is 390 g/mol. The molecule has 0 spiro atoms. The van der Waals surface area contributed by atoms with Gasteiger partial charge < -0.3 is 10.0 Å². The van der Waals surface area contributed by atoms with Crippen molar-refractivity contribution in [1.82, 2.24) is 9.62 Å². The Morgan fingerprint density at radius 2 is 2.04 bits per heavy atom. The van der Waals surface area contributed by atoms with Crippen LogP contribution in [-0.2, 0) is 14.8 Å². The standard InChI is InChI=1S/C19H22N2O5S/c1-2-10-20-27(25,26)15-8-5-7-14(11-15)18(22)21-16-9-4-3-6-13(16)12-17(21)19(23)24/h1,5,7-8,11,13,16-17,20H,3-4,6,9-10,12H2,(H,23,24). The smallest absolute Gasteiger partial charge is 0.326 e. The van der Waals surface area contributed by atoms with Crippen molar-refractivity contribution < 1.29 is 23.1 Å². The molecule has 1 aliphatic carbocycles. The number of terminal acetylenes is 1. The summed E-state index contributed by atoms with van der Waals surface area (Å²) in [5, 5.41) is 9.59. The number of benzene rings is 1. The van der Waals surface area contributed by atoms with E-state index in [-0.39, 0.29) is 29.0 Å². The summed E-state index contributed by atoms with van der Waals surface area (Å²) >= 11 is 0. The third-order valence-corrected chi connectivity index (χ3v) is 6.76. The highest BCUT2D eigenvalue weighted by atomic mass is 32.2. The van der Waals surface area contributed by atoms with Gasteiger partial charge in [-0.15, -0.1) is 6.42 Å². The molecule has 1 aromatic carbocycles. The van der Waals surface area contributed by atoms with Crippen molar-refractivity contribution in [2.24, 2.45) is 5.92 Å². The first kappa shape index (κ1) is 19.4. The number of nitrogens with zero attached hydrogens (tertiary/aromatic N) is 1. The second kappa shape index (κ2) is 7.71. The van der Waals surface area contributed by atoms with E-state index in [4.69, 9.17) is 6.42 Å². The van der Waals surface area contributed by atoms with Crippen LogP contribution >= 0.6 is 0 Å². The molecule has 0 bridgehead atoms. The number of carboxylic acids is 1. The molecule has 1 aromatic rings. The van der Waals surface area contributed by atoms with Crippen LogP contribution in [0.15, 0.2) is 29.2 Å². The first-order valence-corrected chi connectivity index (χ1v) is 10.4. The van der Waals surface area contributed by atoms with Gasteiger partial charge in [0, 0.05) is 11.6 Å². The Morgan fingerprint density at radius 1 is 1.30 bits per heavy atom. The van der Waals surface area contributed by atoms with E-state index >= 15 is 0 Å². The number of sulfonamides is 1. The quantitative estimate of drug-likeness (QED) is 0.741. The van der Waals surface area contributed by atoms with Gasteiger partial charge in [-0.25, -0.2) is 13.2 Å². The number of hydrogen-bond donors (Lipinski definition) is 2. The SMILES string of the molecule is C#CCNS(=O)(=O)c1cccc(C(=O)N2C(C(=O)O)CC3CCCCC32)c1. The zero-order valence-electron chi connectivity index (χ0n) is 14.8. The van der Waals surface area contributed by atoms with Gasteiger partial charge >= 0.3 is 5.97 Å². The van der Waals surface area contributed by atoms with E-state index in [1.807, 2.05) is 0 Å². The highest BCUT2D eigenvalue weighted by Crippen LogP contribution is 2.40. The lowest BCUT2D eigenvalue weighted by atomic mass is 9.84. The molecule has 27 heavy (non-hydrogen) atoms. The summed E-state index contributed by atoms with van der Waals surface area (Å²) in [6.07, 6.45) is 9.24. The lowest BCUT2D eigenvalue weighted by Gasteiger charge is -2.33. The molecule has 7 nitrogen and oxygen atoms in total. The largest absolute Gasteiger partial charge is 0.480 e. The molecule has 1 aliphatic heterocycles. The molecule has 1 saturated carbocycles. The number of aliphatic carboxylic acids is 1. The van der Waals surface area contributed by atoms with Crippen molar-refractivity contribution in [2.45, 2.75) is 49.1 Å². The van der Waals surface area contributed by atoms with Crippen LogP contribution in [-0.4, -0.2) is 48.9 Å². The molecule has 3 unspecified atom stereocenters. The molecule has 8 heteroatoms. The highest BCUT2D eigenvalue weighted by Gasteiger charge is 2.47. The first-order chi connectivity index (χ1) is 12.8. The Labute approximate surface area is 158 Å². The molecule has 0 radical (unpaired) electrons. The molecular formula is C19H22N2O5S. The van der Waals surface area contributed by atoms with Gasteiger partial charge in [0.2, 0.25) is 10.0 Å². The zero-order chi connectivity index (χ0) is 19.6. The van der Waals surface area contributed by atoms with E-state index in [0.29, 0.717) is 6.42 Å². The summed E-state index contributed by atoms with van der Waals surface area (Å²) < 4.78 is 26.8. The van der Waals surface area contributed by atoms with Crippen molar-refractivity contribution in [3.63, 3.8) is 0 Å². The molecular weight excluding hydrogens is 368 g/mol. The van der Waals surface area contributed by atoms with Crippen LogP contribution in [0.2, 0.25) is 0 Å². The van der Waals surface area contributed by atoms with Crippen LogP contribution in [0, 0.1) is 18.3 Å². The van der Waals surface area contributed by atoms with Crippen molar-refractivity contribution >= 4 is 21.9 Å². The zero-order valence-corrected chi connectivity index (χ0v) is 15.6. The number of amides is 1. The third kappa shape index (κ3) is 3.84. The fraction of sp³-hybridized carbons (Fsp3) is 0.474. The minimum atomic E-state index is -3.83. The predicted molar refractivity (Wildman–Crippen MR) is 98.4 cm³/mol. The molecule has 1 saturated heterocycles. The Hall–Kier alpha value is -2.37. The van der Waals surface area contributed by atoms with Crippen LogP contribution in [0.5, 0.6) is 0 Å². The summed E-state index contributed by atoms with van der Waals surface area (Å²) in [4.78, 5) is 26.2. The molecule has 3 atom stereocenters. The summed E-state index contributed by atoms with van der Waals surface area (Å²) in [5.74, 6) is 0.927. The number of rotatable bonds is 5. The number of nitrogens with one attached hydrogen (secondary N) is 1. The minimum absolute atomic E-state index is 0.0742. The van der Waals surface area contributed by atoms with E-state index in [0.717, 1.165) is 25.7 Å². The van der Waals surface area contributed by atoms with E-state index in [2.05, 4.69) is 10.6 Å². The molecule has 2 aliphatic rings. The second-order valence-electron chi connectivity index (χ2n) is 6.97. The van der Waals surface area contributed by atoms with Crippen molar-refractivity contribution in [1.29, 1.82) is 0 Å². The molecule has 0 aromatic heterocycles. The topological polar surface area (TPSA) is 104 Å². The molecule has 2 fully saturated rings. The van der Waals surface area contributed by atoms with Gasteiger partial charge in [0.25, 0.3) is 5.91 Å². The average Bonchev–Trinajstić information content (AvgIpc) is 3.06. The maximum absolute atomic E-state index is 13.1. The Morgan fingerprint density at radius 3 is 2.74 bits per heavy atom. The first-order valence-electron chi connectivity index (χ1n) is 8.94. The van der Waals surface area contributed by atoms with Gasteiger partial charge in [-0.05, 0) is 43.4 Å². The fourth-order valence-electron chi connectivity index (χ4n) is 4.14. The number of hydrogen-bond acceptors (Lipinski definition) is 4. The second-order valence-corrected chi connectivity index (χ2v) is 8.74. The van der Waals surface area contributed by atoms with E-state index < -0.39 is 27.9 Å². The Bertz CT molecular complexity index is 890. The van der Waals surface area contributed by atoms with Crippen LogP contribution in [0.4, 0.5) is 0 Å². The monoisotopic (exact) mass is 390 g/mol. The number of carboxylic acid groups (broad SMARTS) is 1. The predicted octanol–water partition coefficient (Wildman–Crippen LogP) is 1.46. The van der Waals surface area contributed by atoms with Gasteiger partial charge in [-0.3, -0.25) is 4.79 Å². The summed E-state index contributed by atoms with van der Waals surface area (Å²) in [5.41, 5.74) is 0.163. The van der Waals surface area contributed by atoms with Crippen LogP contribution in [0.25, 0.3) is 0 Å². The summed E-state index contributed by atoms with van der Waals surface area (Å²) in [6.45, 7) is -0.155. The number of carbonyl (C=O) groups excluding carboxylic acids is 1. The van der Waals surface area contributed by atoms with Crippen LogP contribution in [0.1, 0.15) is 42.5 Å². The van der Waals surface area contributed by atoms with Gasteiger partial charge in [-0.1, -0.05) is 24.8 Å². The number of carbonyl (C=O) groups is 2. The van der Waals surface area contributed by atoms with E-state index in [9.17, 15) is 23.1 Å². The Balaban J connectivity index is 1.91. The molecule has 3 rings (SSSR count). The van der Waals surface area contributed by atoms with Crippen molar-refractivity contribution in [2.75, 3.05) is 6.54 Å². The van der Waals surface area contributed by atoms with Crippen molar-refractivity contribution in [3.05, 3.63) is 29.8 Å². The highest BCUT2D eigenvalue weighted by molar-refractivity contribution is 7.89. The van der Waals surface area contributed by atoms with Crippen LogP contribution in [0.3, 0.4) is 0 Å². The maximum Gasteiger partial charge on any atom is 0.326 e. The summed E-state index contributed by atoms with van der Waals surface area (Å²) in [7, 11) is -3.83. The number of likely N-dealkylation sites (tertiary alicyclic amines) is 1. The number of fused-ring (bicyclic) bond motifs is 1. The molecule has 1 amide bonds. The van der Waals surface area contributed by atoms with E-state index in [1.165, 1.54) is 29.2 Å². The molecule has 1 heterocycles. The van der Waals surface area contributed by atoms with E-state index in [1.54, 1.807) is 0 Å². The molecule has 144 valence electrons. The Kier molecular flexibility index (Phi) is 5.53. The summed E-state index contributed by atoms with van der Waals surface area (Å²) in [6, 6.07) is 4.66. The lowest BCUT2D eigenvalue weighted by Crippen LogP contribution is -2.46. The fourth-order valence-corrected chi connectivity index (χ4v) is 5.12. The normalized spacial score (nSPS) is 24.9. The third-order valence-electron chi connectivity index (χ3n) is 5.36. The minimum Gasteiger partial charge on any atom is -0.480 e. The van der Waals surface area contributed by atoms with Gasteiger partial charge in [-0.2, -0.15) is 4.72 Å². The van der Waals surface area contributed by atoms with Gasteiger partial charge in [0.1, 0.15) is 6.04 Å². The lowest BCUT2D eigenvalue weighted by molar-refractivity contribution is -0.141. The van der Waals surface area contributed by atoms with Gasteiger partial charge in [0.15, 0.2) is 0 Å². The maximum atomic E-state index is 13.1. The molecule has 2 N–H and O–H groups in total.